The fraction of sp³-hybridized carbons (Fsp3) is 0.111. The van der Waals surface area contributed by atoms with Gasteiger partial charge in [-0.2, -0.15) is 0 Å². The summed E-state index contributed by atoms with van der Waals surface area (Å²) < 4.78 is 0. The van der Waals surface area contributed by atoms with Crippen molar-refractivity contribution < 1.29 is 0 Å². The van der Waals surface area contributed by atoms with Gasteiger partial charge < -0.3 is 0 Å². The van der Waals surface area contributed by atoms with E-state index in [0.717, 1.165) is 12.3 Å². The Balaban J connectivity index is 2.14. The van der Waals surface area contributed by atoms with Crippen LogP contribution in [0.5, 0.6) is 0 Å². The van der Waals surface area contributed by atoms with Gasteiger partial charge in [0.05, 0.1) is 0 Å². The van der Waals surface area contributed by atoms with Gasteiger partial charge in [0.25, 0.3) is 0 Å². The molecule has 0 fully saturated rings. The van der Waals surface area contributed by atoms with Gasteiger partial charge in [0.1, 0.15) is 0 Å². The highest BCUT2D eigenvalue weighted by Crippen LogP contribution is 2.30. The average Bonchev–Trinajstić information content (AvgIpc) is 2.54. The predicted molar refractivity (Wildman–Crippen MR) is 96.2 cm³/mol. The first-order chi connectivity index (χ1) is 9.81. The minimum absolute atomic E-state index is 1.00. The molecule has 0 saturated heterocycles. The molecule has 2 heteroatoms. The molecule has 100 valence electrons. The number of hydrogen-bond acceptors (Lipinski definition) is 0. The van der Waals surface area contributed by atoms with Crippen LogP contribution in [-0.2, 0) is 12.3 Å². The third-order valence-electron chi connectivity index (χ3n) is 3.68. The van der Waals surface area contributed by atoms with E-state index in [4.69, 9.17) is 0 Å². The third kappa shape index (κ3) is 2.64. The summed E-state index contributed by atoms with van der Waals surface area (Å²) in [7, 11) is 5.56. The Bertz CT molecular complexity index is 730. The molecule has 0 spiro atoms. The lowest BCUT2D eigenvalue weighted by molar-refractivity contribution is 1.42. The molecule has 3 rings (SSSR count). The molecule has 0 nitrogen and oxygen atoms in total. The SMILES string of the molecule is PCc1ccc(-c2cccc3cc(CP)ccc23)cc1. The van der Waals surface area contributed by atoms with E-state index >= 15 is 0 Å². The third-order valence-corrected chi connectivity index (χ3v) is 4.62. The van der Waals surface area contributed by atoms with E-state index in [9.17, 15) is 0 Å². The summed E-state index contributed by atoms with van der Waals surface area (Å²) in [5.41, 5.74) is 5.31. The van der Waals surface area contributed by atoms with Crippen LogP contribution < -0.4 is 0 Å². The molecule has 20 heavy (non-hydrogen) atoms. The summed E-state index contributed by atoms with van der Waals surface area (Å²) in [5, 5.41) is 2.64. The van der Waals surface area contributed by atoms with Crippen LogP contribution in [0.1, 0.15) is 11.1 Å². The van der Waals surface area contributed by atoms with Crippen LogP contribution in [0.3, 0.4) is 0 Å². The Morgan fingerprint density at radius 2 is 1.40 bits per heavy atom. The molecule has 0 aliphatic rings. The number of rotatable bonds is 3. The Morgan fingerprint density at radius 3 is 2.10 bits per heavy atom. The van der Waals surface area contributed by atoms with E-state index in [1.807, 2.05) is 0 Å². The van der Waals surface area contributed by atoms with Gasteiger partial charge in [-0.3, -0.25) is 0 Å². The normalized spacial score (nSPS) is 10.9. The van der Waals surface area contributed by atoms with Gasteiger partial charge in [-0.15, -0.1) is 18.5 Å². The molecule has 3 aromatic rings. The maximum absolute atomic E-state index is 2.79. The summed E-state index contributed by atoms with van der Waals surface area (Å²) in [4.78, 5) is 0. The van der Waals surface area contributed by atoms with Gasteiger partial charge in [-0.1, -0.05) is 60.7 Å². The number of fused-ring (bicyclic) bond motifs is 1. The Kier molecular flexibility index (Phi) is 4.16. The molecule has 0 saturated carbocycles. The van der Waals surface area contributed by atoms with E-state index < -0.39 is 0 Å². The van der Waals surface area contributed by atoms with Crippen molar-refractivity contribution in [1.29, 1.82) is 0 Å². The smallest absolute Gasteiger partial charge is 0.0105 e. The van der Waals surface area contributed by atoms with Crippen molar-refractivity contribution in [2.24, 2.45) is 0 Å². The zero-order valence-electron chi connectivity index (χ0n) is 11.3. The summed E-state index contributed by atoms with van der Waals surface area (Å²) in [5.74, 6) is 0. The minimum Gasteiger partial charge on any atom is -0.133 e. The lowest BCUT2D eigenvalue weighted by atomic mass is 9.97. The monoisotopic (exact) mass is 296 g/mol. The van der Waals surface area contributed by atoms with Crippen LogP contribution >= 0.6 is 18.5 Å². The highest BCUT2D eigenvalue weighted by atomic mass is 31.0. The topological polar surface area (TPSA) is 0 Å². The van der Waals surface area contributed by atoms with Crippen LogP contribution in [0.2, 0.25) is 0 Å². The largest absolute Gasteiger partial charge is 0.133 e. The van der Waals surface area contributed by atoms with Crippen molar-refractivity contribution in [2.75, 3.05) is 0 Å². The highest BCUT2D eigenvalue weighted by molar-refractivity contribution is 7.15. The Hall–Kier alpha value is -1.22. The fourth-order valence-electron chi connectivity index (χ4n) is 2.53. The molecule has 0 radical (unpaired) electrons. The maximum Gasteiger partial charge on any atom is -0.0105 e. The van der Waals surface area contributed by atoms with Crippen molar-refractivity contribution in [1.82, 2.24) is 0 Å². The first-order valence-corrected chi connectivity index (χ1v) is 8.46. The second-order valence-corrected chi connectivity index (χ2v) is 5.78. The zero-order chi connectivity index (χ0) is 13.9. The fourth-order valence-corrected chi connectivity index (χ4v) is 3.06. The van der Waals surface area contributed by atoms with Crippen molar-refractivity contribution in [2.45, 2.75) is 12.3 Å². The molecule has 3 aromatic carbocycles. The standard InChI is InChI=1S/C18H18P2/c19-11-13-4-7-15(8-5-13)17-3-1-2-16-10-14(12-20)6-9-18(16)17/h1-10H,11-12,19-20H2. The van der Waals surface area contributed by atoms with Gasteiger partial charge in [0.15, 0.2) is 0 Å². The molecule has 0 aliphatic heterocycles. The molecule has 2 unspecified atom stereocenters. The lowest BCUT2D eigenvalue weighted by Crippen LogP contribution is -1.84. The average molecular weight is 296 g/mol. The first-order valence-electron chi connectivity index (χ1n) is 6.83. The molecule has 0 aromatic heterocycles. The van der Waals surface area contributed by atoms with Crippen LogP contribution in [0.15, 0.2) is 60.7 Å². The van der Waals surface area contributed by atoms with Crippen LogP contribution in [0, 0.1) is 0 Å². The zero-order valence-corrected chi connectivity index (χ0v) is 13.7. The molecular formula is C18H18P2. The first kappa shape index (κ1) is 13.7. The predicted octanol–water partition coefficient (Wildman–Crippen LogP) is 5.26. The van der Waals surface area contributed by atoms with E-state index in [1.54, 1.807) is 0 Å². The minimum atomic E-state index is 1.00. The summed E-state index contributed by atoms with van der Waals surface area (Å²) in [6, 6.07) is 22.1. The van der Waals surface area contributed by atoms with Gasteiger partial charge in [0.2, 0.25) is 0 Å². The molecule has 0 amide bonds. The van der Waals surface area contributed by atoms with Gasteiger partial charge in [0, 0.05) is 0 Å². The molecule has 0 aliphatic carbocycles. The number of hydrogen-bond donors (Lipinski definition) is 0. The highest BCUT2D eigenvalue weighted by Gasteiger charge is 2.04. The van der Waals surface area contributed by atoms with Crippen molar-refractivity contribution in [3.05, 3.63) is 71.8 Å². The van der Waals surface area contributed by atoms with Crippen molar-refractivity contribution in [3.63, 3.8) is 0 Å². The number of benzene rings is 3. The quantitative estimate of drug-likeness (QED) is 0.578. The van der Waals surface area contributed by atoms with Crippen LogP contribution in [0.25, 0.3) is 21.9 Å². The maximum atomic E-state index is 2.79. The van der Waals surface area contributed by atoms with Gasteiger partial charge >= 0.3 is 0 Å². The van der Waals surface area contributed by atoms with Crippen molar-refractivity contribution in [3.8, 4) is 11.1 Å². The van der Waals surface area contributed by atoms with Crippen LogP contribution in [0.4, 0.5) is 0 Å². The van der Waals surface area contributed by atoms with E-state index in [2.05, 4.69) is 79.1 Å². The summed E-state index contributed by atoms with van der Waals surface area (Å²) >= 11 is 0. The second kappa shape index (κ2) is 6.04. The van der Waals surface area contributed by atoms with E-state index in [1.165, 1.54) is 33.0 Å². The molecule has 0 heterocycles. The van der Waals surface area contributed by atoms with Gasteiger partial charge in [-0.25, -0.2) is 0 Å². The molecule has 0 bridgehead atoms. The van der Waals surface area contributed by atoms with E-state index in [0.29, 0.717) is 0 Å². The molecular weight excluding hydrogens is 278 g/mol. The van der Waals surface area contributed by atoms with E-state index in [-0.39, 0.29) is 0 Å². The second-order valence-electron chi connectivity index (χ2n) is 4.97. The summed E-state index contributed by atoms with van der Waals surface area (Å²) in [6.45, 7) is 0. The molecule has 0 N–H and O–H groups in total. The lowest BCUT2D eigenvalue weighted by Gasteiger charge is -2.09. The van der Waals surface area contributed by atoms with Crippen LogP contribution in [-0.4, -0.2) is 0 Å². The summed E-state index contributed by atoms with van der Waals surface area (Å²) in [6.07, 6.45) is 2.01. The van der Waals surface area contributed by atoms with Crippen molar-refractivity contribution >= 4 is 29.3 Å². The molecule has 2 atom stereocenters. The van der Waals surface area contributed by atoms with Gasteiger partial charge in [-0.05, 0) is 45.4 Å². The Morgan fingerprint density at radius 1 is 0.700 bits per heavy atom. The Labute approximate surface area is 125 Å².